The molecular weight excluding hydrogens is 213 g/mol. The number of aliphatic hydroxyl groups is 1. The number of halogens is 1. The Hall–Kier alpha value is -1.79. The van der Waals surface area contributed by atoms with Crippen molar-refractivity contribution in [1.29, 1.82) is 0 Å². The zero-order valence-electron chi connectivity index (χ0n) is 8.35. The van der Waals surface area contributed by atoms with Crippen molar-refractivity contribution in [2.75, 3.05) is 0 Å². The van der Waals surface area contributed by atoms with Crippen LogP contribution >= 0.6 is 0 Å². The van der Waals surface area contributed by atoms with Gasteiger partial charge >= 0.3 is 0 Å². The predicted octanol–water partition coefficient (Wildman–Crippen LogP) is 0.827. The Morgan fingerprint density at radius 1 is 1.44 bits per heavy atom. The summed E-state index contributed by atoms with van der Waals surface area (Å²) in [5.74, 6) is 0.175. The Labute approximate surface area is 90.7 Å². The van der Waals surface area contributed by atoms with Crippen LogP contribution in [0.5, 0.6) is 0 Å². The highest BCUT2D eigenvalue weighted by molar-refractivity contribution is 5.55. The Kier molecular flexibility index (Phi) is 2.93. The molecule has 0 atom stereocenters. The lowest BCUT2D eigenvalue weighted by atomic mass is 10.1. The van der Waals surface area contributed by atoms with E-state index in [2.05, 4.69) is 10.1 Å². The number of hydrogen-bond donors (Lipinski definition) is 2. The van der Waals surface area contributed by atoms with Gasteiger partial charge in [-0.25, -0.2) is 4.39 Å². The molecule has 1 aromatic heterocycles. The van der Waals surface area contributed by atoms with Crippen molar-refractivity contribution in [1.82, 2.24) is 10.1 Å². The summed E-state index contributed by atoms with van der Waals surface area (Å²) in [7, 11) is 0. The first kappa shape index (κ1) is 10.7. The summed E-state index contributed by atoms with van der Waals surface area (Å²) in [5.41, 5.74) is 6.09. The van der Waals surface area contributed by atoms with Gasteiger partial charge in [0.2, 0.25) is 11.7 Å². The van der Waals surface area contributed by atoms with Gasteiger partial charge in [-0.1, -0.05) is 5.16 Å². The second-order valence-electron chi connectivity index (χ2n) is 3.18. The average molecular weight is 223 g/mol. The van der Waals surface area contributed by atoms with E-state index in [1.165, 1.54) is 18.2 Å². The molecule has 2 aromatic rings. The van der Waals surface area contributed by atoms with E-state index in [0.29, 0.717) is 17.3 Å². The molecule has 0 radical (unpaired) electrons. The van der Waals surface area contributed by atoms with E-state index < -0.39 is 5.82 Å². The summed E-state index contributed by atoms with van der Waals surface area (Å²) in [5, 5.41) is 12.6. The van der Waals surface area contributed by atoms with Gasteiger partial charge in [-0.2, -0.15) is 4.98 Å². The highest BCUT2D eigenvalue weighted by Gasteiger charge is 2.09. The summed E-state index contributed by atoms with van der Waals surface area (Å²) in [4.78, 5) is 4.00. The van der Waals surface area contributed by atoms with Gasteiger partial charge in [0.15, 0.2) is 0 Å². The second-order valence-corrected chi connectivity index (χ2v) is 3.18. The molecule has 0 unspecified atom stereocenters. The van der Waals surface area contributed by atoms with Crippen molar-refractivity contribution in [3.8, 4) is 11.4 Å². The number of benzene rings is 1. The molecule has 2 rings (SSSR count). The van der Waals surface area contributed by atoms with Crippen molar-refractivity contribution in [3.05, 3.63) is 35.5 Å². The quantitative estimate of drug-likeness (QED) is 0.804. The van der Waals surface area contributed by atoms with Crippen LogP contribution < -0.4 is 5.73 Å². The van der Waals surface area contributed by atoms with Crippen LogP contribution in [0.3, 0.4) is 0 Å². The molecule has 0 saturated heterocycles. The molecule has 0 bridgehead atoms. The van der Waals surface area contributed by atoms with Crippen molar-refractivity contribution in [2.24, 2.45) is 5.73 Å². The molecule has 0 aliphatic carbocycles. The second kappa shape index (κ2) is 4.38. The van der Waals surface area contributed by atoms with E-state index >= 15 is 0 Å². The van der Waals surface area contributed by atoms with E-state index in [1.54, 1.807) is 0 Å². The molecule has 0 amide bonds. The van der Waals surface area contributed by atoms with Gasteiger partial charge in [-0.15, -0.1) is 0 Å². The number of rotatable bonds is 3. The molecule has 1 aromatic carbocycles. The fraction of sp³-hybridized carbons (Fsp3) is 0.200. The van der Waals surface area contributed by atoms with Crippen LogP contribution in [0.4, 0.5) is 4.39 Å². The first-order chi connectivity index (χ1) is 7.74. The third-order valence-electron chi connectivity index (χ3n) is 2.12. The van der Waals surface area contributed by atoms with E-state index in [4.69, 9.17) is 15.4 Å². The molecule has 1 heterocycles. The largest absolute Gasteiger partial charge is 0.392 e. The minimum absolute atomic E-state index is 0.154. The Bertz CT molecular complexity index is 499. The van der Waals surface area contributed by atoms with Gasteiger partial charge in [0.05, 0.1) is 13.2 Å². The molecule has 84 valence electrons. The summed E-state index contributed by atoms with van der Waals surface area (Å²) in [6.07, 6.45) is 0. The minimum Gasteiger partial charge on any atom is -0.392 e. The van der Waals surface area contributed by atoms with Crippen LogP contribution in [0.1, 0.15) is 11.5 Å². The van der Waals surface area contributed by atoms with Crippen molar-refractivity contribution in [2.45, 2.75) is 13.2 Å². The third-order valence-corrected chi connectivity index (χ3v) is 2.12. The maximum absolute atomic E-state index is 13.1. The molecule has 6 heteroatoms. The van der Waals surface area contributed by atoms with Crippen molar-refractivity contribution in [3.63, 3.8) is 0 Å². The topological polar surface area (TPSA) is 85.2 Å². The standard InChI is InChI=1S/C10H10FN3O2/c11-8-2-1-6(3-7(8)5-15)10-13-9(4-12)16-14-10/h1-3,15H,4-5,12H2. The highest BCUT2D eigenvalue weighted by Crippen LogP contribution is 2.19. The van der Waals surface area contributed by atoms with Crippen LogP contribution in [0.15, 0.2) is 22.7 Å². The third kappa shape index (κ3) is 1.93. The van der Waals surface area contributed by atoms with E-state index in [-0.39, 0.29) is 18.7 Å². The zero-order valence-corrected chi connectivity index (χ0v) is 8.35. The first-order valence-corrected chi connectivity index (χ1v) is 4.67. The molecular formula is C10H10FN3O2. The van der Waals surface area contributed by atoms with Crippen LogP contribution in [-0.2, 0) is 13.2 Å². The maximum atomic E-state index is 13.1. The SMILES string of the molecule is NCc1nc(-c2ccc(F)c(CO)c2)no1. The number of hydrogen-bond acceptors (Lipinski definition) is 5. The minimum atomic E-state index is -0.464. The lowest BCUT2D eigenvalue weighted by molar-refractivity contribution is 0.276. The summed E-state index contributed by atoms with van der Waals surface area (Å²) >= 11 is 0. The summed E-state index contributed by atoms with van der Waals surface area (Å²) in [6.45, 7) is -0.220. The van der Waals surface area contributed by atoms with Crippen molar-refractivity contribution >= 4 is 0 Å². The normalized spacial score (nSPS) is 10.7. The molecule has 0 fully saturated rings. The lowest BCUT2D eigenvalue weighted by Gasteiger charge is -2.00. The average Bonchev–Trinajstić information content (AvgIpc) is 2.78. The van der Waals surface area contributed by atoms with Crippen LogP contribution in [0, 0.1) is 5.82 Å². The highest BCUT2D eigenvalue weighted by atomic mass is 19.1. The molecule has 5 nitrogen and oxygen atoms in total. The Morgan fingerprint density at radius 3 is 2.88 bits per heavy atom. The van der Waals surface area contributed by atoms with Gasteiger partial charge < -0.3 is 15.4 Å². The van der Waals surface area contributed by atoms with Crippen molar-refractivity contribution < 1.29 is 14.0 Å². The molecule has 3 N–H and O–H groups in total. The molecule has 0 aliphatic heterocycles. The monoisotopic (exact) mass is 223 g/mol. The lowest BCUT2D eigenvalue weighted by Crippen LogP contribution is -1.96. The number of aromatic nitrogens is 2. The zero-order chi connectivity index (χ0) is 11.5. The van der Waals surface area contributed by atoms with Gasteiger partial charge in [0.1, 0.15) is 5.82 Å². The predicted molar refractivity (Wildman–Crippen MR) is 53.5 cm³/mol. The molecule has 0 saturated carbocycles. The maximum Gasteiger partial charge on any atom is 0.240 e. The first-order valence-electron chi connectivity index (χ1n) is 4.67. The number of nitrogens with zero attached hydrogens (tertiary/aromatic N) is 2. The van der Waals surface area contributed by atoms with E-state index in [0.717, 1.165) is 0 Å². The van der Waals surface area contributed by atoms with Crippen LogP contribution in [-0.4, -0.2) is 15.2 Å². The molecule has 0 aliphatic rings. The smallest absolute Gasteiger partial charge is 0.240 e. The van der Waals surface area contributed by atoms with Gasteiger partial charge in [-0.3, -0.25) is 0 Å². The van der Waals surface area contributed by atoms with Gasteiger partial charge in [0, 0.05) is 11.1 Å². The summed E-state index contributed by atoms with van der Waals surface area (Å²) < 4.78 is 17.9. The van der Waals surface area contributed by atoms with Crippen LogP contribution in [0.25, 0.3) is 11.4 Å². The van der Waals surface area contributed by atoms with E-state index in [9.17, 15) is 4.39 Å². The van der Waals surface area contributed by atoms with Gasteiger partial charge in [-0.05, 0) is 18.2 Å². The summed E-state index contributed by atoms with van der Waals surface area (Å²) in [6, 6.07) is 4.24. The van der Waals surface area contributed by atoms with Crippen LogP contribution in [0.2, 0.25) is 0 Å². The number of nitrogens with two attached hydrogens (primary N) is 1. The van der Waals surface area contributed by atoms with E-state index in [1.807, 2.05) is 0 Å². The number of aliphatic hydroxyl groups excluding tert-OH is 1. The molecule has 16 heavy (non-hydrogen) atoms. The van der Waals surface area contributed by atoms with Gasteiger partial charge in [0.25, 0.3) is 0 Å². The molecule has 0 spiro atoms. The fourth-order valence-electron chi connectivity index (χ4n) is 1.29. The Balaban J connectivity index is 2.40. The fourth-order valence-corrected chi connectivity index (χ4v) is 1.29. The Morgan fingerprint density at radius 2 is 2.25 bits per heavy atom.